The molecule has 2 aliphatic heterocycles. The van der Waals surface area contributed by atoms with Gasteiger partial charge in [0.05, 0.1) is 0 Å². The summed E-state index contributed by atoms with van der Waals surface area (Å²) in [6.07, 6.45) is 0. The minimum atomic E-state index is -0.0971. The third-order valence-corrected chi connectivity index (χ3v) is 14.1. The van der Waals surface area contributed by atoms with Crippen LogP contribution in [0.25, 0.3) is 76.0 Å². The van der Waals surface area contributed by atoms with Crippen LogP contribution in [-0.4, -0.2) is 11.3 Å². The Bertz CT molecular complexity index is 3520. The second-order valence-electron chi connectivity index (χ2n) is 19.7. The van der Waals surface area contributed by atoms with E-state index in [4.69, 9.17) is 5.73 Å². The van der Waals surface area contributed by atoms with Gasteiger partial charge in [0.25, 0.3) is 0 Å². The van der Waals surface area contributed by atoms with Crippen molar-refractivity contribution >= 4 is 105 Å². The summed E-state index contributed by atoms with van der Waals surface area (Å²) in [7, 11) is 0. The Morgan fingerprint density at radius 2 is 1.08 bits per heavy atom. The highest BCUT2D eigenvalue weighted by Crippen LogP contribution is 2.50. The smallest absolute Gasteiger partial charge is 0.333 e. The molecule has 0 saturated carbocycles. The van der Waals surface area contributed by atoms with Crippen molar-refractivity contribution in [1.29, 1.82) is 0 Å². The van der Waals surface area contributed by atoms with Gasteiger partial charge in [0.2, 0.25) is 0 Å². The van der Waals surface area contributed by atoms with E-state index in [9.17, 15) is 0 Å². The number of hydrogen-bond donors (Lipinski definition) is 1. The number of hydrogen-bond acceptors (Lipinski definition) is 2. The zero-order valence-corrected chi connectivity index (χ0v) is 35.8. The van der Waals surface area contributed by atoms with Crippen molar-refractivity contribution in [2.45, 2.75) is 66.2 Å². The number of nitrogens with two attached hydrogens (primary N) is 1. The summed E-state index contributed by atoms with van der Waals surface area (Å²) in [4.78, 5) is 2.57. The molecule has 0 radical (unpaired) electrons. The third kappa shape index (κ3) is 4.68. The number of nitrogens with zero attached hydrogens (tertiary/aromatic N) is 2. The lowest BCUT2D eigenvalue weighted by atomic mass is 9.45. The van der Waals surface area contributed by atoms with Crippen LogP contribution in [0.5, 0.6) is 0 Å². The monoisotopic (exact) mass is 773 g/mol. The van der Waals surface area contributed by atoms with Gasteiger partial charge < -0.3 is 15.1 Å². The Kier molecular flexibility index (Phi) is 6.98. The lowest BCUT2D eigenvalue weighted by Crippen LogP contribution is -2.56. The average molecular weight is 774 g/mol. The van der Waals surface area contributed by atoms with Crippen LogP contribution in [0.4, 0.5) is 22.7 Å². The van der Waals surface area contributed by atoms with Gasteiger partial charge in [0, 0.05) is 50.1 Å². The summed E-state index contributed by atoms with van der Waals surface area (Å²) in [6.45, 7) is 18.5. The van der Waals surface area contributed by atoms with Gasteiger partial charge in [-0.3, -0.25) is 0 Å². The molecule has 10 aromatic rings. The van der Waals surface area contributed by atoms with E-state index < -0.39 is 0 Å². The van der Waals surface area contributed by atoms with Crippen molar-refractivity contribution < 1.29 is 0 Å². The minimum Gasteiger partial charge on any atom is -0.399 e. The summed E-state index contributed by atoms with van der Waals surface area (Å²) >= 11 is 0. The standard InChI is InChI=1S/C56H48BN3/c1-31-39-17-13-14-18-40(39)32(2)44-30-49-47(29-43(31)44)57-53-45(27-37(58)28-50(53)59(49)38-25-35(55(3,4)5)24-36(26-38)56(6,7)8)46-23-34-16-10-12-20-42(34)52-51-41-19-11-9-15-33(41)21-22-48(51)60(57)54(46)52/h9-30H,58H2,1-8H3. The van der Waals surface area contributed by atoms with E-state index in [1.807, 2.05) is 0 Å². The summed E-state index contributed by atoms with van der Waals surface area (Å²) < 4.78 is 2.71. The molecule has 0 spiro atoms. The molecule has 9 aromatic carbocycles. The van der Waals surface area contributed by atoms with E-state index in [1.54, 1.807) is 0 Å². The second-order valence-corrected chi connectivity index (χ2v) is 19.7. The van der Waals surface area contributed by atoms with Gasteiger partial charge >= 0.3 is 6.85 Å². The number of benzene rings is 9. The summed E-state index contributed by atoms with van der Waals surface area (Å²) in [5, 5.41) is 12.9. The molecule has 2 aliphatic rings. The Morgan fingerprint density at radius 1 is 0.500 bits per heavy atom. The first kappa shape index (κ1) is 35.4. The van der Waals surface area contributed by atoms with Crippen LogP contribution in [0.3, 0.4) is 0 Å². The normalized spacial score (nSPS) is 13.7. The number of aryl methyl sites for hydroxylation is 2. The van der Waals surface area contributed by atoms with E-state index in [2.05, 4.69) is 198 Å². The van der Waals surface area contributed by atoms with Crippen molar-refractivity contribution in [3.05, 3.63) is 156 Å². The van der Waals surface area contributed by atoms with Crippen molar-refractivity contribution in [2.24, 2.45) is 0 Å². The van der Waals surface area contributed by atoms with Crippen molar-refractivity contribution in [1.82, 2.24) is 4.48 Å². The molecule has 60 heavy (non-hydrogen) atoms. The van der Waals surface area contributed by atoms with Gasteiger partial charge in [0.1, 0.15) is 0 Å². The number of fused-ring (bicyclic) bond motifs is 13. The molecule has 290 valence electrons. The zero-order chi connectivity index (χ0) is 41.1. The molecule has 0 aliphatic carbocycles. The molecule has 1 aromatic heterocycles. The van der Waals surface area contributed by atoms with Gasteiger partial charge in [0.15, 0.2) is 0 Å². The van der Waals surface area contributed by atoms with Gasteiger partial charge in [-0.05, 0) is 149 Å². The Hall–Kier alpha value is -6.52. The Balaban J connectivity index is 1.31. The highest BCUT2D eigenvalue weighted by Gasteiger charge is 2.44. The van der Waals surface area contributed by atoms with E-state index >= 15 is 0 Å². The molecule has 0 amide bonds. The molecule has 4 heteroatoms. The van der Waals surface area contributed by atoms with E-state index in [0.717, 1.165) is 11.4 Å². The van der Waals surface area contributed by atoms with Crippen LogP contribution in [0.2, 0.25) is 0 Å². The maximum absolute atomic E-state index is 7.16. The topological polar surface area (TPSA) is 34.2 Å². The second kappa shape index (κ2) is 11.8. The highest BCUT2D eigenvalue weighted by molar-refractivity contribution is 6.90. The molecule has 0 fully saturated rings. The van der Waals surface area contributed by atoms with Crippen LogP contribution in [-0.2, 0) is 10.8 Å². The molecule has 0 saturated heterocycles. The maximum atomic E-state index is 7.16. The molecule has 3 nitrogen and oxygen atoms in total. The fourth-order valence-electron chi connectivity index (χ4n) is 11.0. The molecule has 0 atom stereocenters. The number of rotatable bonds is 1. The number of nitrogen functional groups attached to an aromatic ring is 1. The Labute approximate surface area is 352 Å². The van der Waals surface area contributed by atoms with E-state index in [0.29, 0.717) is 0 Å². The number of anilines is 4. The first-order valence-corrected chi connectivity index (χ1v) is 21.5. The first-order chi connectivity index (χ1) is 28.8. The average Bonchev–Trinajstić information content (AvgIpc) is 3.59. The maximum Gasteiger partial charge on any atom is 0.333 e. The van der Waals surface area contributed by atoms with Crippen LogP contribution in [0, 0.1) is 13.8 Å². The van der Waals surface area contributed by atoms with Crippen LogP contribution >= 0.6 is 0 Å². The van der Waals surface area contributed by atoms with Crippen LogP contribution < -0.4 is 21.6 Å². The van der Waals surface area contributed by atoms with Gasteiger partial charge in [-0.15, -0.1) is 0 Å². The summed E-state index contributed by atoms with van der Waals surface area (Å²) in [5.41, 5.74) is 24.3. The fourth-order valence-corrected chi connectivity index (χ4v) is 11.0. The predicted molar refractivity (Wildman–Crippen MR) is 261 cm³/mol. The molecule has 2 N–H and O–H groups in total. The molecule has 0 unspecified atom stereocenters. The molecular weight excluding hydrogens is 725 g/mol. The fraction of sp³-hybridized carbons (Fsp3) is 0.179. The van der Waals surface area contributed by atoms with E-state index in [-0.39, 0.29) is 17.7 Å². The zero-order valence-electron chi connectivity index (χ0n) is 35.8. The highest BCUT2D eigenvalue weighted by atomic mass is 15.2. The lowest BCUT2D eigenvalue weighted by Gasteiger charge is -2.42. The quantitative estimate of drug-likeness (QED) is 0.102. The molecule has 12 rings (SSSR count). The minimum absolute atomic E-state index is 0.0548. The van der Waals surface area contributed by atoms with Gasteiger partial charge in [-0.25, -0.2) is 0 Å². The Morgan fingerprint density at radius 3 is 1.73 bits per heavy atom. The first-order valence-electron chi connectivity index (χ1n) is 21.5. The van der Waals surface area contributed by atoms with Gasteiger partial charge in [-0.2, -0.15) is 0 Å². The van der Waals surface area contributed by atoms with Crippen LogP contribution in [0.15, 0.2) is 133 Å². The molecule has 3 heterocycles. The lowest BCUT2D eigenvalue weighted by molar-refractivity contribution is 0.569. The summed E-state index contributed by atoms with van der Waals surface area (Å²) in [6, 6.07) is 50.8. The third-order valence-electron chi connectivity index (χ3n) is 14.1. The van der Waals surface area contributed by atoms with E-state index in [1.165, 1.54) is 121 Å². The van der Waals surface area contributed by atoms with Crippen molar-refractivity contribution in [2.75, 3.05) is 10.6 Å². The van der Waals surface area contributed by atoms with Crippen molar-refractivity contribution in [3.63, 3.8) is 0 Å². The summed E-state index contributed by atoms with van der Waals surface area (Å²) in [5.74, 6) is 0. The van der Waals surface area contributed by atoms with Gasteiger partial charge in [-0.1, -0.05) is 133 Å². The van der Waals surface area contributed by atoms with Crippen LogP contribution in [0.1, 0.15) is 63.8 Å². The largest absolute Gasteiger partial charge is 0.399 e. The predicted octanol–water partition coefficient (Wildman–Crippen LogP) is 13.6. The molecule has 0 bridgehead atoms. The molecular formula is C56H48BN3. The number of aromatic nitrogens is 1. The SMILES string of the molecule is Cc1c2ccccc2c(C)c2cc3c(cc12)B1c2c(cc(N)cc2N3c2cc(C(C)(C)C)cc(C(C)(C)C)c2)-c2cc3ccccc3c3c4c5ccccc5ccc4n1c23. The van der Waals surface area contributed by atoms with Crippen molar-refractivity contribution in [3.8, 4) is 11.1 Å².